The summed E-state index contributed by atoms with van der Waals surface area (Å²) < 4.78 is 0. The molecular formula is C15H18N2O4. The Bertz CT molecular complexity index is 549. The second-order valence-corrected chi connectivity index (χ2v) is 5.28. The summed E-state index contributed by atoms with van der Waals surface area (Å²) in [5.74, 6) is -0.665. The summed E-state index contributed by atoms with van der Waals surface area (Å²) in [5.41, 5.74) is 1.10. The van der Waals surface area contributed by atoms with Crippen LogP contribution in [0.2, 0.25) is 0 Å². The van der Waals surface area contributed by atoms with Gasteiger partial charge in [-0.2, -0.15) is 0 Å². The summed E-state index contributed by atoms with van der Waals surface area (Å²) in [6, 6.07) is 6.08. The van der Waals surface area contributed by atoms with Crippen molar-refractivity contribution in [2.45, 2.75) is 19.8 Å². The maximum atomic E-state index is 12.1. The Labute approximate surface area is 122 Å². The van der Waals surface area contributed by atoms with Crippen LogP contribution in [-0.4, -0.2) is 40.9 Å². The van der Waals surface area contributed by atoms with Crippen LogP contribution in [0.4, 0.5) is 10.5 Å². The topological polar surface area (TPSA) is 86.7 Å². The number of ketones is 1. The third-order valence-corrected chi connectivity index (χ3v) is 3.33. The zero-order chi connectivity index (χ0) is 15.4. The molecule has 1 aliphatic carbocycles. The summed E-state index contributed by atoms with van der Waals surface area (Å²) in [4.78, 5) is 35.4. The van der Waals surface area contributed by atoms with Crippen molar-refractivity contribution >= 4 is 23.5 Å². The van der Waals surface area contributed by atoms with E-state index in [-0.39, 0.29) is 12.3 Å². The average Bonchev–Trinajstić information content (AvgIpc) is 3.22. The number of nitrogens with one attached hydrogen (secondary N) is 1. The number of anilines is 1. The van der Waals surface area contributed by atoms with Crippen LogP contribution < -0.4 is 5.32 Å². The largest absolute Gasteiger partial charge is 0.480 e. The van der Waals surface area contributed by atoms with Gasteiger partial charge in [0.05, 0.1) is 0 Å². The molecule has 2 rings (SSSR count). The van der Waals surface area contributed by atoms with Crippen molar-refractivity contribution in [3.63, 3.8) is 0 Å². The molecule has 0 saturated heterocycles. The molecule has 2 amide bonds. The Balaban J connectivity index is 1.99. The van der Waals surface area contributed by atoms with Crippen LogP contribution in [0.3, 0.4) is 0 Å². The molecular weight excluding hydrogens is 272 g/mol. The summed E-state index contributed by atoms with van der Waals surface area (Å²) in [6.45, 7) is 1.62. The number of nitrogens with zero attached hydrogens (tertiary/aromatic N) is 1. The lowest BCUT2D eigenvalue weighted by Crippen LogP contribution is -2.40. The summed E-state index contributed by atoms with van der Waals surface area (Å²) in [6.07, 6.45) is 2.08. The van der Waals surface area contributed by atoms with E-state index in [2.05, 4.69) is 5.32 Å². The van der Waals surface area contributed by atoms with Crippen LogP contribution in [0.15, 0.2) is 24.3 Å². The minimum absolute atomic E-state index is 0.0471. The Hall–Kier alpha value is -2.37. The van der Waals surface area contributed by atoms with Crippen LogP contribution in [0.25, 0.3) is 0 Å². The van der Waals surface area contributed by atoms with Gasteiger partial charge in [0.15, 0.2) is 5.78 Å². The maximum absolute atomic E-state index is 12.1. The van der Waals surface area contributed by atoms with E-state index >= 15 is 0 Å². The smallest absolute Gasteiger partial charge is 0.323 e. The maximum Gasteiger partial charge on any atom is 0.323 e. The number of benzene rings is 1. The molecule has 2 N–H and O–H groups in total. The van der Waals surface area contributed by atoms with E-state index in [4.69, 9.17) is 5.11 Å². The highest BCUT2D eigenvalue weighted by Gasteiger charge is 2.28. The lowest BCUT2D eigenvalue weighted by molar-refractivity contribution is -0.137. The molecule has 112 valence electrons. The molecule has 0 bridgehead atoms. The zero-order valence-electron chi connectivity index (χ0n) is 11.8. The first-order valence-corrected chi connectivity index (χ1v) is 6.84. The number of amides is 2. The summed E-state index contributed by atoms with van der Waals surface area (Å²) in [7, 11) is 0. The van der Waals surface area contributed by atoms with E-state index in [0.29, 0.717) is 23.7 Å². The first-order valence-electron chi connectivity index (χ1n) is 6.84. The predicted molar refractivity (Wildman–Crippen MR) is 77.4 cm³/mol. The van der Waals surface area contributed by atoms with Crippen LogP contribution in [0, 0.1) is 5.92 Å². The number of carbonyl (C=O) groups is 3. The standard InChI is InChI=1S/C15H18N2O4/c1-10(18)12-4-6-13(7-5-12)16-15(21)17(9-14(19)20)8-11-2-3-11/h4-7,11H,2-3,8-9H2,1H3,(H,16,21)(H,19,20). The van der Waals surface area contributed by atoms with Crippen molar-refractivity contribution in [2.75, 3.05) is 18.4 Å². The van der Waals surface area contributed by atoms with Crippen molar-refractivity contribution in [3.8, 4) is 0 Å². The molecule has 21 heavy (non-hydrogen) atoms. The van der Waals surface area contributed by atoms with Gasteiger partial charge in [0, 0.05) is 17.8 Å². The summed E-state index contributed by atoms with van der Waals surface area (Å²) in [5, 5.41) is 11.5. The van der Waals surface area contributed by atoms with Gasteiger partial charge in [0.1, 0.15) is 6.54 Å². The Morgan fingerprint density at radius 1 is 1.24 bits per heavy atom. The third kappa shape index (κ3) is 4.59. The molecule has 0 aromatic heterocycles. The van der Waals surface area contributed by atoms with Gasteiger partial charge < -0.3 is 15.3 Å². The highest BCUT2D eigenvalue weighted by Crippen LogP contribution is 2.29. The number of aliphatic carboxylic acids is 1. The van der Waals surface area contributed by atoms with Gasteiger partial charge in [0.2, 0.25) is 0 Å². The number of carboxylic acid groups (broad SMARTS) is 1. The van der Waals surface area contributed by atoms with E-state index in [1.807, 2.05) is 0 Å². The third-order valence-electron chi connectivity index (χ3n) is 3.33. The Kier molecular flexibility index (Phi) is 4.57. The van der Waals surface area contributed by atoms with Gasteiger partial charge in [-0.3, -0.25) is 9.59 Å². The summed E-state index contributed by atoms with van der Waals surface area (Å²) >= 11 is 0. The number of Topliss-reactive ketones (excluding diaryl/α,β-unsaturated/α-hetero) is 1. The predicted octanol–water partition coefficient (Wildman–Crippen LogP) is 2.22. The van der Waals surface area contributed by atoms with E-state index in [0.717, 1.165) is 12.8 Å². The molecule has 6 heteroatoms. The highest BCUT2D eigenvalue weighted by atomic mass is 16.4. The van der Waals surface area contributed by atoms with Crippen molar-refractivity contribution in [1.29, 1.82) is 0 Å². The average molecular weight is 290 g/mol. The highest BCUT2D eigenvalue weighted by molar-refractivity contribution is 5.95. The molecule has 0 atom stereocenters. The fraction of sp³-hybridized carbons (Fsp3) is 0.400. The second-order valence-electron chi connectivity index (χ2n) is 5.28. The lowest BCUT2D eigenvalue weighted by atomic mass is 10.1. The van der Waals surface area contributed by atoms with Gasteiger partial charge in [-0.25, -0.2) is 4.79 Å². The number of carboxylic acids is 1. The van der Waals surface area contributed by atoms with Gasteiger partial charge in [-0.15, -0.1) is 0 Å². The molecule has 0 heterocycles. The van der Waals surface area contributed by atoms with Gasteiger partial charge in [0.25, 0.3) is 0 Å². The van der Waals surface area contributed by atoms with Gasteiger partial charge in [-0.05, 0) is 49.9 Å². The SMILES string of the molecule is CC(=O)c1ccc(NC(=O)N(CC(=O)O)CC2CC2)cc1. The Morgan fingerprint density at radius 2 is 1.86 bits per heavy atom. The molecule has 0 radical (unpaired) electrons. The number of hydrogen-bond acceptors (Lipinski definition) is 3. The Morgan fingerprint density at radius 3 is 2.33 bits per heavy atom. The normalized spacial score (nSPS) is 13.6. The molecule has 1 aromatic rings. The molecule has 0 spiro atoms. The lowest BCUT2D eigenvalue weighted by Gasteiger charge is -2.21. The molecule has 1 aliphatic rings. The fourth-order valence-corrected chi connectivity index (χ4v) is 1.99. The number of rotatable bonds is 6. The van der Waals surface area contributed by atoms with E-state index in [1.165, 1.54) is 11.8 Å². The van der Waals surface area contributed by atoms with E-state index < -0.39 is 12.0 Å². The van der Waals surface area contributed by atoms with E-state index in [9.17, 15) is 14.4 Å². The van der Waals surface area contributed by atoms with Crippen molar-refractivity contribution < 1.29 is 19.5 Å². The molecule has 0 aliphatic heterocycles. The van der Waals surface area contributed by atoms with Crippen LogP contribution in [0.5, 0.6) is 0 Å². The minimum atomic E-state index is -1.03. The number of hydrogen-bond donors (Lipinski definition) is 2. The molecule has 1 aromatic carbocycles. The van der Waals surface area contributed by atoms with Crippen molar-refractivity contribution in [3.05, 3.63) is 29.8 Å². The van der Waals surface area contributed by atoms with Crippen LogP contribution in [0.1, 0.15) is 30.1 Å². The van der Waals surface area contributed by atoms with E-state index in [1.54, 1.807) is 24.3 Å². The van der Waals surface area contributed by atoms with Gasteiger partial charge >= 0.3 is 12.0 Å². The minimum Gasteiger partial charge on any atom is -0.480 e. The number of carbonyl (C=O) groups excluding carboxylic acids is 2. The zero-order valence-corrected chi connectivity index (χ0v) is 11.8. The monoisotopic (exact) mass is 290 g/mol. The van der Waals surface area contributed by atoms with Crippen LogP contribution in [-0.2, 0) is 4.79 Å². The van der Waals surface area contributed by atoms with Crippen LogP contribution >= 0.6 is 0 Å². The fourth-order valence-electron chi connectivity index (χ4n) is 1.99. The first kappa shape index (κ1) is 15.0. The molecule has 1 saturated carbocycles. The van der Waals surface area contributed by atoms with Gasteiger partial charge in [-0.1, -0.05) is 0 Å². The van der Waals surface area contributed by atoms with Crippen molar-refractivity contribution in [2.24, 2.45) is 5.92 Å². The quantitative estimate of drug-likeness (QED) is 0.786. The van der Waals surface area contributed by atoms with Crippen molar-refractivity contribution in [1.82, 2.24) is 4.90 Å². The molecule has 1 fully saturated rings. The molecule has 6 nitrogen and oxygen atoms in total. The second kappa shape index (κ2) is 6.39. The molecule has 0 unspecified atom stereocenters. The number of urea groups is 1. The first-order chi connectivity index (χ1) is 9.95.